The summed E-state index contributed by atoms with van der Waals surface area (Å²) in [7, 11) is 1.65. The standard InChI is InChI=1S/C17H22N2O2/c1-12-4-3-7-19(10-12)11-17(20)15-9-18-16-8-13(21-2)5-6-14(15)16/h5-6,8-9,12,18H,3-4,7,10-11H2,1-2H3/t12-/m1/s1. The summed E-state index contributed by atoms with van der Waals surface area (Å²) in [6, 6.07) is 5.78. The number of likely N-dealkylation sites (tertiary alicyclic amines) is 1. The van der Waals surface area contributed by atoms with Crippen molar-refractivity contribution < 1.29 is 9.53 Å². The zero-order valence-electron chi connectivity index (χ0n) is 12.7. The van der Waals surface area contributed by atoms with Crippen molar-refractivity contribution in [3.8, 4) is 5.75 Å². The van der Waals surface area contributed by atoms with Crippen LogP contribution >= 0.6 is 0 Å². The molecule has 0 bridgehead atoms. The van der Waals surface area contributed by atoms with Gasteiger partial charge in [0.25, 0.3) is 0 Å². The van der Waals surface area contributed by atoms with Crippen LogP contribution in [0, 0.1) is 5.92 Å². The van der Waals surface area contributed by atoms with Gasteiger partial charge in [-0.3, -0.25) is 9.69 Å². The van der Waals surface area contributed by atoms with Crippen LogP contribution in [-0.2, 0) is 0 Å². The number of nitrogens with zero attached hydrogens (tertiary/aromatic N) is 1. The number of carbonyl (C=O) groups excluding carboxylic acids is 1. The van der Waals surface area contributed by atoms with Gasteiger partial charge in [0.2, 0.25) is 0 Å². The fourth-order valence-corrected chi connectivity index (χ4v) is 3.18. The molecule has 0 amide bonds. The lowest BCUT2D eigenvalue weighted by molar-refractivity contribution is 0.0894. The van der Waals surface area contributed by atoms with Crippen LogP contribution in [0.3, 0.4) is 0 Å². The molecular formula is C17H22N2O2. The van der Waals surface area contributed by atoms with E-state index in [1.165, 1.54) is 12.8 Å². The zero-order chi connectivity index (χ0) is 14.8. The molecule has 1 aliphatic heterocycles. The minimum absolute atomic E-state index is 0.195. The van der Waals surface area contributed by atoms with E-state index >= 15 is 0 Å². The summed E-state index contributed by atoms with van der Waals surface area (Å²) in [6.07, 6.45) is 4.29. The number of methoxy groups -OCH3 is 1. The van der Waals surface area contributed by atoms with Gasteiger partial charge in [-0.25, -0.2) is 0 Å². The van der Waals surface area contributed by atoms with Gasteiger partial charge in [0, 0.05) is 35.3 Å². The molecule has 0 unspecified atom stereocenters. The number of ether oxygens (including phenoxy) is 1. The molecule has 2 aromatic rings. The normalized spacial score (nSPS) is 19.8. The molecule has 0 radical (unpaired) electrons. The molecule has 1 aromatic carbocycles. The molecule has 3 rings (SSSR count). The highest BCUT2D eigenvalue weighted by Gasteiger charge is 2.20. The quantitative estimate of drug-likeness (QED) is 0.878. The first-order valence-electron chi connectivity index (χ1n) is 7.58. The third kappa shape index (κ3) is 2.95. The fourth-order valence-electron chi connectivity index (χ4n) is 3.18. The number of hydrogen-bond acceptors (Lipinski definition) is 3. The maximum absolute atomic E-state index is 12.6. The summed E-state index contributed by atoms with van der Waals surface area (Å²) in [5.41, 5.74) is 1.73. The Morgan fingerprint density at radius 3 is 3.10 bits per heavy atom. The lowest BCUT2D eigenvalue weighted by Crippen LogP contribution is -2.37. The number of benzene rings is 1. The number of ketones is 1. The molecule has 1 saturated heterocycles. The number of nitrogens with one attached hydrogen (secondary N) is 1. The number of Topliss-reactive ketones (excluding diaryl/α,β-unsaturated/α-hetero) is 1. The van der Waals surface area contributed by atoms with E-state index in [0.717, 1.165) is 35.3 Å². The summed E-state index contributed by atoms with van der Waals surface area (Å²) >= 11 is 0. The highest BCUT2D eigenvalue weighted by Crippen LogP contribution is 2.24. The maximum Gasteiger partial charge on any atom is 0.178 e. The second-order valence-corrected chi connectivity index (χ2v) is 6.02. The highest BCUT2D eigenvalue weighted by atomic mass is 16.5. The minimum atomic E-state index is 0.195. The number of carbonyl (C=O) groups is 1. The Bertz CT molecular complexity index is 647. The van der Waals surface area contributed by atoms with Crippen LogP contribution < -0.4 is 4.74 Å². The SMILES string of the molecule is COc1ccc2c(C(=O)CN3CCC[C@@H](C)C3)c[nH]c2c1. The van der Waals surface area contributed by atoms with E-state index in [4.69, 9.17) is 4.74 Å². The lowest BCUT2D eigenvalue weighted by Gasteiger charge is -2.30. The Hall–Kier alpha value is -1.81. The van der Waals surface area contributed by atoms with Gasteiger partial charge in [0.1, 0.15) is 5.75 Å². The average Bonchev–Trinajstić information content (AvgIpc) is 2.90. The molecule has 0 aliphatic carbocycles. The molecule has 2 heterocycles. The van der Waals surface area contributed by atoms with Gasteiger partial charge in [0.05, 0.1) is 13.7 Å². The van der Waals surface area contributed by atoms with Gasteiger partial charge in [-0.15, -0.1) is 0 Å². The van der Waals surface area contributed by atoms with Crippen molar-refractivity contribution in [3.05, 3.63) is 30.0 Å². The first kappa shape index (κ1) is 14.1. The number of piperidine rings is 1. The molecule has 1 aliphatic rings. The van der Waals surface area contributed by atoms with Gasteiger partial charge in [0.15, 0.2) is 5.78 Å². The monoisotopic (exact) mass is 286 g/mol. The largest absolute Gasteiger partial charge is 0.497 e. The van der Waals surface area contributed by atoms with Gasteiger partial charge < -0.3 is 9.72 Å². The summed E-state index contributed by atoms with van der Waals surface area (Å²) in [5, 5.41) is 0.978. The smallest absolute Gasteiger partial charge is 0.178 e. The van der Waals surface area contributed by atoms with Gasteiger partial charge in [-0.1, -0.05) is 6.92 Å². The van der Waals surface area contributed by atoms with E-state index in [1.807, 2.05) is 24.4 Å². The Labute approximate surface area is 125 Å². The molecule has 4 heteroatoms. The summed E-state index contributed by atoms with van der Waals surface area (Å²) in [5.74, 6) is 1.69. The molecule has 1 atom stereocenters. The van der Waals surface area contributed by atoms with E-state index in [1.54, 1.807) is 7.11 Å². The predicted octanol–water partition coefficient (Wildman–Crippen LogP) is 3.09. The van der Waals surface area contributed by atoms with Crippen LogP contribution in [-0.4, -0.2) is 42.4 Å². The molecule has 112 valence electrons. The van der Waals surface area contributed by atoms with Crippen molar-refractivity contribution in [2.75, 3.05) is 26.7 Å². The summed E-state index contributed by atoms with van der Waals surface area (Å²) in [6.45, 7) is 4.84. The molecule has 0 spiro atoms. The van der Waals surface area contributed by atoms with Crippen LogP contribution in [0.2, 0.25) is 0 Å². The Morgan fingerprint density at radius 1 is 1.48 bits per heavy atom. The topological polar surface area (TPSA) is 45.3 Å². The first-order valence-corrected chi connectivity index (χ1v) is 7.58. The number of hydrogen-bond donors (Lipinski definition) is 1. The van der Waals surface area contributed by atoms with Crippen molar-refractivity contribution in [2.45, 2.75) is 19.8 Å². The summed E-state index contributed by atoms with van der Waals surface area (Å²) < 4.78 is 5.21. The van der Waals surface area contributed by atoms with Crippen molar-refractivity contribution in [3.63, 3.8) is 0 Å². The first-order chi connectivity index (χ1) is 10.2. The van der Waals surface area contributed by atoms with Crippen LogP contribution in [0.4, 0.5) is 0 Å². The predicted molar refractivity (Wildman–Crippen MR) is 84.0 cm³/mol. The number of rotatable bonds is 4. The highest BCUT2D eigenvalue weighted by molar-refractivity contribution is 6.09. The number of H-pyrrole nitrogens is 1. The Kier molecular flexibility index (Phi) is 3.97. The van der Waals surface area contributed by atoms with Crippen molar-refractivity contribution in [1.29, 1.82) is 0 Å². The Morgan fingerprint density at radius 2 is 2.33 bits per heavy atom. The fraction of sp³-hybridized carbons (Fsp3) is 0.471. The van der Waals surface area contributed by atoms with Crippen LogP contribution in [0.25, 0.3) is 10.9 Å². The van der Waals surface area contributed by atoms with Crippen LogP contribution in [0.15, 0.2) is 24.4 Å². The van der Waals surface area contributed by atoms with Crippen LogP contribution in [0.5, 0.6) is 5.75 Å². The molecule has 1 N–H and O–H groups in total. The third-order valence-corrected chi connectivity index (χ3v) is 4.30. The zero-order valence-corrected chi connectivity index (χ0v) is 12.7. The van der Waals surface area contributed by atoms with Crippen molar-refractivity contribution >= 4 is 16.7 Å². The summed E-state index contributed by atoms with van der Waals surface area (Å²) in [4.78, 5) is 18.0. The third-order valence-electron chi connectivity index (χ3n) is 4.30. The van der Waals surface area contributed by atoms with Gasteiger partial charge >= 0.3 is 0 Å². The van der Waals surface area contributed by atoms with Crippen LogP contribution in [0.1, 0.15) is 30.1 Å². The van der Waals surface area contributed by atoms with E-state index < -0.39 is 0 Å². The lowest BCUT2D eigenvalue weighted by atomic mass is 9.99. The van der Waals surface area contributed by atoms with Gasteiger partial charge in [-0.2, -0.15) is 0 Å². The molecule has 1 aromatic heterocycles. The van der Waals surface area contributed by atoms with E-state index in [9.17, 15) is 4.79 Å². The molecule has 21 heavy (non-hydrogen) atoms. The van der Waals surface area contributed by atoms with Gasteiger partial charge in [-0.05, 0) is 37.4 Å². The molecule has 4 nitrogen and oxygen atoms in total. The maximum atomic E-state index is 12.6. The molecular weight excluding hydrogens is 264 g/mol. The molecule has 1 fully saturated rings. The van der Waals surface area contributed by atoms with E-state index in [-0.39, 0.29) is 5.78 Å². The van der Waals surface area contributed by atoms with E-state index in [2.05, 4.69) is 16.8 Å². The number of fused-ring (bicyclic) bond motifs is 1. The Balaban J connectivity index is 1.78. The average molecular weight is 286 g/mol. The second kappa shape index (κ2) is 5.90. The molecule has 0 saturated carbocycles. The number of aromatic amines is 1. The second-order valence-electron chi connectivity index (χ2n) is 6.02. The van der Waals surface area contributed by atoms with Crippen molar-refractivity contribution in [1.82, 2.24) is 9.88 Å². The van der Waals surface area contributed by atoms with Crippen molar-refractivity contribution in [2.24, 2.45) is 5.92 Å². The number of aromatic nitrogens is 1. The van der Waals surface area contributed by atoms with E-state index in [0.29, 0.717) is 12.5 Å². The minimum Gasteiger partial charge on any atom is -0.497 e.